The van der Waals surface area contributed by atoms with Crippen LogP contribution in [0, 0.1) is 0 Å². The van der Waals surface area contributed by atoms with Crippen LogP contribution in [0.5, 0.6) is 11.5 Å². The molecule has 0 atom stereocenters. The van der Waals surface area contributed by atoms with Gasteiger partial charge in [0.1, 0.15) is 11.5 Å². The van der Waals surface area contributed by atoms with Crippen LogP contribution in [0.25, 0.3) is 0 Å². The fourth-order valence-corrected chi connectivity index (χ4v) is 2.83. The molecule has 22 heavy (non-hydrogen) atoms. The van der Waals surface area contributed by atoms with Crippen LogP contribution in [0.1, 0.15) is 22.1 Å². The molecule has 0 aliphatic carbocycles. The maximum absolute atomic E-state index is 8.18. The Morgan fingerprint density at radius 2 is 1.14 bits per heavy atom. The van der Waals surface area contributed by atoms with E-state index in [1.807, 2.05) is 0 Å². The normalized spacial score (nSPS) is 14.7. The largest absolute Gasteiger partial charge is 0.497 e. The van der Waals surface area contributed by atoms with Gasteiger partial charge in [-0.25, -0.2) is 0 Å². The number of methoxy groups -OCH3 is 2. The molecule has 0 saturated heterocycles. The Kier molecular flexibility index (Phi) is 3.99. The lowest BCUT2D eigenvalue weighted by Gasteiger charge is -2.37. The first-order chi connectivity index (χ1) is 11.6. The number of benzene rings is 2. The molecule has 0 N–H and O–H groups in total. The summed E-state index contributed by atoms with van der Waals surface area (Å²) in [6.07, 6.45) is 0. The molecule has 0 aliphatic heterocycles. The van der Waals surface area contributed by atoms with Crippen LogP contribution in [0.4, 0.5) is 0 Å². The standard InChI is InChI=1S/C17H17Cl3O2/c1-16(17(18,19)20,12-4-8-14(21-2)9-5-12)13-6-10-15(22-3)11-7-13/h4-11H,1-3H3/i1D3. The zero-order chi connectivity index (χ0) is 18.9. The molecule has 0 aliphatic rings. The zero-order valence-electron chi connectivity index (χ0n) is 15.1. The molecule has 0 heterocycles. The molecule has 118 valence electrons. The molecule has 2 nitrogen and oxygen atoms in total. The van der Waals surface area contributed by atoms with Crippen molar-refractivity contribution in [3.05, 3.63) is 59.7 Å². The lowest BCUT2D eigenvalue weighted by atomic mass is 9.77. The summed E-state index contributed by atoms with van der Waals surface area (Å²) < 4.78 is 32.7. The highest BCUT2D eigenvalue weighted by Crippen LogP contribution is 2.51. The second-order valence-electron chi connectivity index (χ2n) is 4.70. The van der Waals surface area contributed by atoms with Crippen LogP contribution in [-0.4, -0.2) is 18.0 Å². The van der Waals surface area contributed by atoms with Crippen molar-refractivity contribution in [3.63, 3.8) is 0 Å². The smallest absolute Gasteiger partial charge is 0.203 e. The third-order valence-corrected chi connectivity index (χ3v) is 4.32. The summed E-state index contributed by atoms with van der Waals surface area (Å²) in [7, 11) is 3.04. The van der Waals surface area contributed by atoms with Crippen LogP contribution < -0.4 is 9.47 Å². The van der Waals surface area contributed by atoms with E-state index in [1.54, 1.807) is 48.5 Å². The quantitative estimate of drug-likeness (QED) is 0.680. The number of halogens is 3. The van der Waals surface area contributed by atoms with E-state index in [9.17, 15) is 0 Å². The van der Waals surface area contributed by atoms with Crippen molar-refractivity contribution in [2.45, 2.75) is 16.1 Å². The fourth-order valence-electron chi connectivity index (χ4n) is 2.18. The Hall–Kier alpha value is -1.09. The molecule has 0 fully saturated rings. The van der Waals surface area contributed by atoms with Gasteiger partial charge >= 0.3 is 0 Å². The second-order valence-corrected chi connectivity index (χ2v) is 6.99. The van der Waals surface area contributed by atoms with Crippen LogP contribution in [0.3, 0.4) is 0 Å². The summed E-state index contributed by atoms with van der Waals surface area (Å²) in [5.41, 5.74) is -1.18. The SMILES string of the molecule is [2H]C([2H])([2H])C(c1ccc(OC)cc1)(c1ccc(OC)cc1)C(Cl)(Cl)Cl. The Bertz CT molecular complexity index is 644. The maximum atomic E-state index is 8.18. The molecule has 5 heteroatoms. The second kappa shape index (κ2) is 6.57. The predicted octanol–water partition coefficient (Wildman–Crippen LogP) is 5.38. The molecule has 2 aromatic carbocycles. The Morgan fingerprint density at radius 1 is 0.773 bits per heavy atom. The molecule has 2 aromatic rings. The van der Waals surface area contributed by atoms with Gasteiger partial charge in [-0.05, 0) is 42.2 Å². The van der Waals surface area contributed by atoms with Gasteiger partial charge in [0, 0.05) is 4.11 Å². The average molecular weight is 363 g/mol. The van der Waals surface area contributed by atoms with Gasteiger partial charge in [0.05, 0.1) is 19.6 Å². The van der Waals surface area contributed by atoms with Gasteiger partial charge in [-0.15, -0.1) is 0 Å². The number of hydrogen-bond acceptors (Lipinski definition) is 2. The van der Waals surface area contributed by atoms with E-state index in [-0.39, 0.29) is 0 Å². The van der Waals surface area contributed by atoms with Gasteiger partial charge in [0.2, 0.25) is 3.79 Å². The van der Waals surface area contributed by atoms with Crippen LogP contribution in [0.15, 0.2) is 48.5 Å². The van der Waals surface area contributed by atoms with Gasteiger partial charge in [-0.3, -0.25) is 0 Å². The van der Waals surface area contributed by atoms with Crippen molar-refractivity contribution in [3.8, 4) is 11.5 Å². The Labute approximate surface area is 150 Å². The number of rotatable bonds is 4. The van der Waals surface area contributed by atoms with E-state index >= 15 is 0 Å². The summed E-state index contributed by atoms with van der Waals surface area (Å²) in [5.74, 6) is 1.14. The highest BCUT2D eigenvalue weighted by atomic mass is 35.6. The highest BCUT2D eigenvalue weighted by molar-refractivity contribution is 6.68. The monoisotopic (exact) mass is 361 g/mol. The molecule has 0 amide bonds. The third-order valence-electron chi connectivity index (χ3n) is 3.47. The number of alkyl halides is 3. The van der Waals surface area contributed by atoms with Gasteiger partial charge in [-0.1, -0.05) is 59.1 Å². The van der Waals surface area contributed by atoms with Crippen molar-refractivity contribution >= 4 is 34.8 Å². The Morgan fingerprint density at radius 3 is 1.36 bits per heavy atom. The van der Waals surface area contributed by atoms with E-state index < -0.39 is 16.1 Å². The fraction of sp³-hybridized carbons (Fsp3) is 0.294. The summed E-state index contributed by atoms with van der Waals surface area (Å²) >= 11 is 18.8. The average Bonchev–Trinajstić information content (AvgIpc) is 2.54. The Balaban J connectivity index is 2.80. The van der Waals surface area contributed by atoms with E-state index in [4.69, 9.17) is 48.4 Å². The van der Waals surface area contributed by atoms with Crippen LogP contribution in [0.2, 0.25) is 0 Å². The molecule has 0 saturated carbocycles. The first-order valence-electron chi connectivity index (χ1n) is 7.93. The van der Waals surface area contributed by atoms with E-state index in [0.717, 1.165) is 0 Å². The topological polar surface area (TPSA) is 18.5 Å². The predicted molar refractivity (Wildman–Crippen MR) is 92.7 cm³/mol. The summed E-state index contributed by atoms with van der Waals surface area (Å²) in [4.78, 5) is 0. The highest BCUT2D eigenvalue weighted by Gasteiger charge is 2.47. The van der Waals surface area contributed by atoms with Crippen molar-refractivity contribution in [1.29, 1.82) is 0 Å². The van der Waals surface area contributed by atoms with E-state index in [2.05, 4.69) is 0 Å². The van der Waals surface area contributed by atoms with Crippen molar-refractivity contribution in [2.24, 2.45) is 0 Å². The lowest BCUT2D eigenvalue weighted by Crippen LogP contribution is -2.38. The first-order valence-corrected chi connectivity index (χ1v) is 7.57. The summed E-state index contributed by atoms with van der Waals surface area (Å²) in [5, 5.41) is 0. The first kappa shape index (κ1) is 13.4. The third kappa shape index (κ3) is 3.15. The van der Waals surface area contributed by atoms with Crippen molar-refractivity contribution in [2.75, 3.05) is 14.2 Å². The van der Waals surface area contributed by atoms with Crippen molar-refractivity contribution < 1.29 is 13.6 Å². The summed E-state index contributed by atoms with van der Waals surface area (Å²) in [6.45, 7) is -2.64. The molecule has 0 unspecified atom stereocenters. The van der Waals surface area contributed by atoms with E-state index in [1.165, 1.54) is 14.2 Å². The van der Waals surface area contributed by atoms with Gasteiger partial charge in [-0.2, -0.15) is 0 Å². The molecule has 2 rings (SSSR count). The van der Waals surface area contributed by atoms with Crippen molar-refractivity contribution in [1.82, 2.24) is 0 Å². The van der Waals surface area contributed by atoms with Crippen LogP contribution >= 0.6 is 34.8 Å². The molecule has 0 spiro atoms. The van der Waals surface area contributed by atoms with Gasteiger partial charge in [0.25, 0.3) is 0 Å². The van der Waals surface area contributed by atoms with Crippen LogP contribution in [-0.2, 0) is 5.41 Å². The minimum Gasteiger partial charge on any atom is -0.497 e. The zero-order valence-corrected chi connectivity index (χ0v) is 14.3. The molecule has 0 aromatic heterocycles. The van der Waals surface area contributed by atoms with Gasteiger partial charge < -0.3 is 9.47 Å². The maximum Gasteiger partial charge on any atom is 0.203 e. The molecule has 0 radical (unpaired) electrons. The molecular weight excluding hydrogens is 343 g/mol. The minimum absolute atomic E-state index is 0.346. The molecule has 0 bridgehead atoms. The lowest BCUT2D eigenvalue weighted by molar-refractivity contribution is 0.413. The number of ether oxygens (including phenoxy) is 2. The number of hydrogen-bond donors (Lipinski definition) is 0. The minimum atomic E-state index is -2.64. The van der Waals surface area contributed by atoms with Gasteiger partial charge in [0.15, 0.2) is 0 Å². The summed E-state index contributed by atoms with van der Waals surface area (Å²) in [6, 6.07) is 12.9. The van der Waals surface area contributed by atoms with E-state index in [0.29, 0.717) is 22.6 Å². The molecular formula is C17H17Cl3O2.